The van der Waals surface area contributed by atoms with E-state index in [9.17, 15) is 0 Å². The second-order valence-electron chi connectivity index (χ2n) is 2.58. The highest BCUT2D eigenvalue weighted by atomic mass is 16.6. The number of nitrogens with one attached hydrogen (secondary N) is 1. The van der Waals surface area contributed by atoms with Gasteiger partial charge >= 0.3 is 0 Å². The average Bonchev–Trinajstić information content (AvgIpc) is 2.31. The minimum Gasteiger partial charge on any atom is -0.486 e. The predicted octanol–water partition coefficient (Wildman–Crippen LogP) is 2.53. The third-order valence-electron chi connectivity index (χ3n) is 1.84. The molecule has 0 amide bonds. The maximum Gasteiger partial charge on any atom is 0.184 e. The summed E-state index contributed by atoms with van der Waals surface area (Å²) in [4.78, 5) is 0. The van der Waals surface area contributed by atoms with Crippen molar-refractivity contribution in [3.8, 4) is 11.5 Å². The first-order valence-electron chi connectivity index (χ1n) is 4.98. The summed E-state index contributed by atoms with van der Waals surface area (Å²) in [5, 5.41) is 3.05. The second kappa shape index (κ2) is 5.37. The summed E-state index contributed by atoms with van der Waals surface area (Å²) in [5.74, 6) is 1.65. The van der Waals surface area contributed by atoms with E-state index in [0.717, 1.165) is 17.2 Å². The molecule has 78 valence electrons. The van der Waals surface area contributed by atoms with Crippen molar-refractivity contribution in [1.82, 2.24) is 0 Å². The first-order chi connectivity index (χ1) is 6.92. The highest BCUT2D eigenvalue weighted by molar-refractivity contribution is 5.63. The number of rotatable bonds is 1. The molecule has 0 radical (unpaired) electrons. The quantitative estimate of drug-likeness (QED) is 0.747. The minimum absolute atomic E-state index is 0.631. The maximum absolute atomic E-state index is 5.46. The standard InChI is InChI=1S/C9H11NO2.C2H6/c1-10-7-3-2-4-8-9(7)12-6-5-11-8;1-2/h2-4,10H,5-6H2,1H3;1-2H3. The number of fused-ring (bicyclic) bond motifs is 1. The van der Waals surface area contributed by atoms with Gasteiger partial charge in [0.25, 0.3) is 0 Å². The normalized spacial score (nSPS) is 12.5. The van der Waals surface area contributed by atoms with Gasteiger partial charge in [-0.2, -0.15) is 0 Å². The third kappa shape index (κ3) is 2.10. The van der Waals surface area contributed by atoms with E-state index < -0.39 is 0 Å². The summed E-state index contributed by atoms with van der Waals surface area (Å²) in [6.07, 6.45) is 0. The summed E-state index contributed by atoms with van der Waals surface area (Å²) in [6.45, 7) is 5.27. The smallest absolute Gasteiger partial charge is 0.184 e. The zero-order valence-corrected chi connectivity index (χ0v) is 8.96. The average molecular weight is 195 g/mol. The van der Waals surface area contributed by atoms with Gasteiger partial charge in [0.05, 0.1) is 5.69 Å². The van der Waals surface area contributed by atoms with E-state index in [-0.39, 0.29) is 0 Å². The number of benzene rings is 1. The van der Waals surface area contributed by atoms with Gasteiger partial charge in [0.2, 0.25) is 0 Å². The molecule has 0 bridgehead atoms. The molecule has 1 aliphatic rings. The van der Waals surface area contributed by atoms with Gasteiger partial charge in [0.1, 0.15) is 13.2 Å². The molecule has 1 aliphatic heterocycles. The van der Waals surface area contributed by atoms with Crippen molar-refractivity contribution in [2.24, 2.45) is 0 Å². The Morgan fingerprint density at radius 3 is 2.57 bits per heavy atom. The van der Waals surface area contributed by atoms with Gasteiger partial charge in [-0.3, -0.25) is 0 Å². The number of hydrogen-bond acceptors (Lipinski definition) is 3. The van der Waals surface area contributed by atoms with Crippen molar-refractivity contribution in [2.45, 2.75) is 13.8 Å². The fourth-order valence-corrected chi connectivity index (χ4v) is 1.27. The third-order valence-corrected chi connectivity index (χ3v) is 1.84. The molecule has 0 unspecified atom stereocenters. The van der Waals surface area contributed by atoms with Crippen LogP contribution in [0.1, 0.15) is 13.8 Å². The van der Waals surface area contributed by atoms with Crippen LogP contribution >= 0.6 is 0 Å². The van der Waals surface area contributed by atoms with E-state index in [1.807, 2.05) is 39.1 Å². The van der Waals surface area contributed by atoms with Crippen LogP contribution in [0.2, 0.25) is 0 Å². The SMILES string of the molecule is CC.CNc1cccc2c1OCCO2. The molecule has 2 rings (SSSR count). The number of para-hydroxylation sites is 1. The Kier molecular flexibility index (Phi) is 4.11. The summed E-state index contributed by atoms with van der Waals surface area (Å²) < 4.78 is 10.9. The van der Waals surface area contributed by atoms with E-state index in [4.69, 9.17) is 9.47 Å². The van der Waals surface area contributed by atoms with Gasteiger partial charge < -0.3 is 14.8 Å². The summed E-state index contributed by atoms with van der Waals surface area (Å²) in [6, 6.07) is 5.82. The molecular weight excluding hydrogens is 178 g/mol. The van der Waals surface area contributed by atoms with Crippen molar-refractivity contribution in [3.63, 3.8) is 0 Å². The lowest BCUT2D eigenvalue weighted by atomic mass is 10.2. The van der Waals surface area contributed by atoms with Gasteiger partial charge in [0.15, 0.2) is 11.5 Å². The zero-order chi connectivity index (χ0) is 10.4. The molecule has 1 aromatic rings. The Balaban J connectivity index is 0.000000461. The van der Waals surface area contributed by atoms with E-state index in [2.05, 4.69) is 5.32 Å². The van der Waals surface area contributed by atoms with E-state index in [1.54, 1.807) is 0 Å². The molecule has 1 aromatic carbocycles. The molecule has 0 saturated heterocycles. The van der Waals surface area contributed by atoms with Gasteiger partial charge in [-0.15, -0.1) is 0 Å². The monoisotopic (exact) mass is 195 g/mol. The first-order valence-corrected chi connectivity index (χ1v) is 4.98. The Morgan fingerprint density at radius 2 is 1.86 bits per heavy atom. The van der Waals surface area contributed by atoms with E-state index in [1.165, 1.54) is 0 Å². The van der Waals surface area contributed by atoms with Crippen LogP contribution in [0.5, 0.6) is 11.5 Å². The van der Waals surface area contributed by atoms with Crippen LogP contribution in [-0.2, 0) is 0 Å². The van der Waals surface area contributed by atoms with Crippen LogP contribution in [0.25, 0.3) is 0 Å². The summed E-state index contributed by atoms with van der Waals surface area (Å²) in [5.41, 5.74) is 0.979. The lowest BCUT2D eigenvalue weighted by Crippen LogP contribution is -2.16. The molecule has 0 aromatic heterocycles. The summed E-state index contributed by atoms with van der Waals surface area (Å²) >= 11 is 0. The highest BCUT2D eigenvalue weighted by Crippen LogP contribution is 2.36. The molecule has 1 N–H and O–H groups in total. The molecule has 1 heterocycles. The number of anilines is 1. The maximum atomic E-state index is 5.46. The fraction of sp³-hybridized carbons (Fsp3) is 0.455. The molecule has 0 atom stereocenters. The summed E-state index contributed by atoms with van der Waals surface area (Å²) in [7, 11) is 1.87. The van der Waals surface area contributed by atoms with Gasteiger partial charge in [-0.1, -0.05) is 19.9 Å². The van der Waals surface area contributed by atoms with E-state index >= 15 is 0 Å². The van der Waals surface area contributed by atoms with Gasteiger partial charge in [0, 0.05) is 7.05 Å². The minimum atomic E-state index is 0.631. The highest BCUT2D eigenvalue weighted by Gasteiger charge is 2.13. The van der Waals surface area contributed by atoms with Crippen LogP contribution < -0.4 is 14.8 Å². The Hall–Kier alpha value is -1.38. The molecule has 3 heteroatoms. The van der Waals surface area contributed by atoms with Crippen molar-refractivity contribution in [1.29, 1.82) is 0 Å². The molecule has 0 saturated carbocycles. The molecule has 0 fully saturated rings. The van der Waals surface area contributed by atoms with Crippen LogP contribution in [0.3, 0.4) is 0 Å². The molecule has 0 spiro atoms. The van der Waals surface area contributed by atoms with Gasteiger partial charge in [-0.05, 0) is 12.1 Å². The molecular formula is C11H17NO2. The lowest BCUT2D eigenvalue weighted by Gasteiger charge is -2.20. The number of ether oxygens (including phenoxy) is 2. The molecule has 14 heavy (non-hydrogen) atoms. The van der Waals surface area contributed by atoms with Crippen LogP contribution in [0, 0.1) is 0 Å². The fourth-order valence-electron chi connectivity index (χ4n) is 1.27. The predicted molar refractivity (Wildman–Crippen MR) is 58.3 cm³/mol. The molecule has 3 nitrogen and oxygen atoms in total. The van der Waals surface area contributed by atoms with Crippen molar-refractivity contribution >= 4 is 5.69 Å². The topological polar surface area (TPSA) is 30.5 Å². The lowest BCUT2D eigenvalue weighted by molar-refractivity contribution is 0.172. The Labute approximate surface area is 85.0 Å². The Morgan fingerprint density at radius 1 is 1.14 bits per heavy atom. The van der Waals surface area contributed by atoms with Crippen molar-refractivity contribution < 1.29 is 9.47 Å². The van der Waals surface area contributed by atoms with Crippen molar-refractivity contribution in [3.05, 3.63) is 18.2 Å². The Bertz CT molecular complexity index is 272. The van der Waals surface area contributed by atoms with E-state index in [0.29, 0.717) is 13.2 Å². The van der Waals surface area contributed by atoms with Crippen LogP contribution in [-0.4, -0.2) is 20.3 Å². The van der Waals surface area contributed by atoms with Gasteiger partial charge in [-0.25, -0.2) is 0 Å². The van der Waals surface area contributed by atoms with Crippen LogP contribution in [0.4, 0.5) is 5.69 Å². The molecule has 0 aliphatic carbocycles. The van der Waals surface area contributed by atoms with Crippen molar-refractivity contribution in [2.75, 3.05) is 25.6 Å². The largest absolute Gasteiger partial charge is 0.486 e. The first kappa shape index (κ1) is 10.7. The van der Waals surface area contributed by atoms with Crippen LogP contribution in [0.15, 0.2) is 18.2 Å². The number of hydrogen-bond donors (Lipinski definition) is 1. The second-order valence-corrected chi connectivity index (χ2v) is 2.58. The zero-order valence-electron chi connectivity index (χ0n) is 8.96.